The second kappa shape index (κ2) is 9.94. The van der Waals surface area contributed by atoms with E-state index in [0.29, 0.717) is 6.54 Å². The second-order valence-corrected chi connectivity index (χ2v) is 8.75. The normalized spacial score (nSPS) is 15.0. The van der Waals surface area contributed by atoms with Crippen LogP contribution in [0.5, 0.6) is 0 Å². The van der Waals surface area contributed by atoms with Crippen molar-refractivity contribution in [1.29, 1.82) is 0 Å². The second-order valence-electron chi connectivity index (χ2n) is 7.84. The number of benzene rings is 3. The lowest BCUT2D eigenvalue weighted by Crippen LogP contribution is -2.38. The average Bonchev–Trinajstić information content (AvgIpc) is 3.33. The summed E-state index contributed by atoms with van der Waals surface area (Å²) in [5.74, 6) is 0.355. The fourth-order valence-corrected chi connectivity index (χ4v) is 4.67. The van der Waals surface area contributed by atoms with Crippen molar-refractivity contribution in [3.63, 3.8) is 0 Å². The Morgan fingerprint density at radius 3 is 2.20 bits per heavy atom. The minimum absolute atomic E-state index is 0.0201. The van der Waals surface area contributed by atoms with Crippen molar-refractivity contribution in [2.45, 2.75) is 31.7 Å². The van der Waals surface area contributed by atoms with E-state index in [2.05, 4.69) is 92.9 Å². The Balaban J connectivity index is 1.70. The Morgan fingerprint density at radius 2 is 1.53 bits per heavy atom. The largest absolute Gasteiger partial charge is 0.353 e. The standard InChI is InChI=1S/C26H27BrN2O/c27-22-14-9-17-24(18-22)29(23-15-5-2-6-16-23)25(20-10-3-1-4-11-20)19-28-26(30)21-12-7-8-13-21/h1-6,9-11,14-18,21,25H,7-8,12-13,19H2,(H,28,30). The maximum Gasteiger partial charge on any atom is 0.223 e. The summed E-state index contributed by atoms with van der Waals surface area (Å²) >= 11 is 3.62. The summed E-state index contributed by atoms with van der Waals surface area (Å²) in [5.41, 5.74) is 3.35. The summed E-state index contributed by atoms with van der Waals surface area (Å²) in [6.07, 6.45) is 4.34. The van der Waals surface area contributed by atoms with Gasteiger partial charge in [0.15, 0.2) is 0 Å². The molecule has 1 aliphatic carbocycles. The summed E-state index contributed by atoms with van der Waals surface area (Å²) in [6, 6.07) is 29.1. The lowest BCUT2D eigenvalue weighted by atomic mass is 10.0. The van der Waals surface area contributed by atoms with E-state index in [0.717, 1.165) is 41.5 Å². The predicted octanol–water partition coefficient (Wildman–Crippen LogP) is 6.63. The molecule has 0 aliphatic heterocycles. The summed E-state index contributed by atoms with van der Waals surface area (Å²) in [7, 11) is 0. The highest BCUT2D eigenvalue weighted by Crippen LogP contribution is 2.36. The maximum atomic E-state index is 12.8. The zero-order valence-corrected chi connectivity index (χ0v) is 18.6. The average molecular weight is 463 g/mol. The quantitative estimate of drug-likeness (QED) is 0.426. The van der Waals surface area contributed by atoms with Crippen LogP contribution in [-0.2, 0) is 4.79 Å². The van der Waals surface area contributed by atoms with Crippen LogP contribution in [0.4, 0.5) is 11.4 Å². The molecule has 0 radical (unpaired) electrons. The van der Waals surface area contributed by atoms with E-state index in [1.165, 1.54) is 5.56 Å². The number of hydrogen-bond donors (Lipinski definition) is 1. The molecule has 1 fully saturated rings. The molecule has 30 heavy (non-hydrogen) atoms. The molecule has 3 aromatic rings. The van der Waals surface area contributed by atoms with Crippen LogP contribution in [0, 0.1) is 5.92 Å². The van der Waals surface area contributed by atoms with Gasteiger partial charge in [-0.1, -0.05) is 83.4 Å². The van der Waals surface area contributed by atoms with Gasteiger partial charge in [0.05, 0.1) is 6.04 Å². The third-order valence-corrected chi connectivity index (χ3v) is 6.31. The molecule has 0 aromatic heterocycles. The molecule has 0 saturated heterocycles. The lowest BCUT2D eigenvalue weighted by Gasteiger charge is -2.35. The molecule has 1 amide bonds. The first-order valence-electron chi connectivity index (χ1n) is 10.6. The van der Waals surface area contributed by atoms with E-state index in [4.69, 9.17) is 0 Å². The molecular formula is C26H27BrN2O. The van der Waals surface area contributed by atoms with Crippen LogP contribution in [-0.4, -0.2) is 12.5 Å². The lowest BCUT2D eigenvalue weighted by molar-refractivity contribution is -0.124. The van der Waals surface area contributed by atoms with Gasteiger partial charge in [-0.2, -0.15) is 0 Å². The van der Waals surface area contributed by atoms with Crippen molar-refractivity contribution in [3.8, 4) is 0 Å². The number of anilines is 2. The summed E-state index contributed by atoms with van der Waals surface area (Å²) in [6.45, 7) is 0.556. The number of carbonyl (C=O) groups excluding carboxylic acids is 1. The van der Waals surface area contributed by atoms with Gasteiger partial charge in [0.25, 0.3) is 0 Å². The number of amides is 1. The van der Waals surface area contributed by atoms with Gasteiger partial charge in [-0.05, 0) is 48.7 Å². The number of nitrogens with one attached hydrogen (secondary N) is 1. The molecule has 3 nitrogen and oxygen atoms in total. The van der Waals surface area contributed by atoms with Gasteiger partial charge >= 0.3 is 0 Å². The van der Waals surface area contributed by atoms with Gasteiger partial charge in [0.1, 0.15) is 0 Å². The molecule has 1 aliphatic rings. The Morgan fingerprint density at radius 1 is 0.900 bits per heavy atom. The Bertz CT molecular complexity index is 955. The number of hydrogen-bond acceptors (Lipinski definition) is 2. The molecule has 4 heteroatoms. The van der Waals surface area contributed by atoms with Crippen LogP contribution < -0.4 is 10.2 Å². The summed E-state index contributed by atoms with van der Waals surface area (Å²) < 4.78 is 1.03. The number of carbonyl (C=O) groups is 1. The number of nitrogens with zero attached hydrogens (tertiary/aromatic N) is 1. The first-order valence-corrected chi connectivity index (χ1v) is 11.4. The van der Waals surface area contributed by atoms with Crippen molar-refractivity contribution in [2.75, 3.05) is 11.4 Å². The van der Waals surface area contributed by atoms with Crippen molar-refractivity contribution in [1.82, 2.24) is 5.32 Å². The van der Waals surface area contributed by atoms with Crippen LogP contribution >= 0.6 is 15.9 Å². The fourth-order valence-electron chi connectivity index (χ4n) is 4.29. The maximum absolute atomic E-state index is 12.8. The fraction of sp³-hybridized carbons (Fsp3) is 0.269. The van der Waals surface area contributed by atoms with E-state index in [9.17, 15) is 4.79 Å². The SMILES string of the molecule is O=C(NCC(c1ccccc1)N(c1ccccc1)c1cccc(Br)c1)C1CCCC1. The van der Waals surface area contributed by atoms with Crippen LogP contribution in [0.3, 0.4) is 0 Å². The van der Waals surface area contributed by atoms with Crippen molar-refractivity contribution >= 4 is 33.2 Å². The molecule has 1 saturated carbocycles. The minimum atomic E-state index is -0.0201. The first kappa shape index (κ1) is 20.7. The molecule has 1 unspecified atom stereocenters. The van der Waals surface area contributed by atoms with E-state index in [1.54, 1.807) is 0 Å². The van der Waals surface area contributed by atoms with Gasteiger partial charge in [0.2, 0.25) is 5.91 Å². The molecular weight excluding hydrogens is 436 g/mol. The summed E-state index contributed by atoms with van der Waals surface area (Å²) in [4.78, 5) is 15.1. The zero-order valence-electron chi connectivity index (χ0n) is 17.0. The van der Waals surface area contributed by atoms with Crippen LogP contribution in [0.15, 0.2) is 89.4 Å². The predicted molar refractivity (Wildman–Crippen MR) is 127 cm³/mol. The Labute approximate surface area is 187 Å². The van der Waals surface area contributed by atoms with E-state index in [-0.39, 0.29) is 17.9 Å². The van der Waals surface area contributed by atoms with E-state index < -0.39 is 0 Å². The van der Waals surface area contributed by atoms with Gasteiger partial charge in [0, 0.05) is 28.3 Å². The van der Waals surface area contributed by atoms with Gasteiger partial charge in [-0.15, -0.1) is 0 Å². The topological polar surface area (TPSA) is 32.3 Å². The minimum Gasteiger partial charge on any atom is -0.353 e. The molecule has 1 atom stereocenters. The van der Waals surface area contributed by atoms with Crippen molar-refractivity contribution in [3.05, 3.63) is 95.0 Å². The van der Waals surface area contributed by atoms with Gasteiger partial charge in [-0.25, -0.2) is 0 Å². The number of para-hydroxylation sites is 1. The zero-order chi connectivity index (χ0) is 20.8. The molecule has 0 spiro atoms. The third kappa shape index (κ3) is 4.93. The first-order chi connectivity index (χ1) is 14.7. The third-order valence-electron chi connectivity index (χ3n) is 5.81. The van der Waals surface area contributed by atoms with E-state index >= 15 is 0 Å². The molecule has 0 bridgehead atoms. The van der Waals surface area contributed by atoms with Crippen LogP contribution in [0.2, 0.25) is 0 Å². The Hall–Kier alpha value is -2.59. The van der Waals surface area contributed by atoms with Crippen molar-refractivity contribution in [2.24, 2.45) is 5.92 Å². The molecule has 4 rings (SSSR count). The monoisotopic (exact) mass is 462 g/mol. The highest BCUT2D eigenvalue weighted by Gasteiger charge is 2.27. The smallest absolute Gasteiger partial charge is 0.223 e. The summed E-state index contributed by atoms with van der Waals surface area (Å²) in [5, 5.41) is 3.27. The van der Waals surface area contributed by atoms with Gasteiger partial charge < -0.3 is 10.2 Å². The van der Waals surface area contributed by atoms with Gasteiger partial charge in [-0.3, -0.25) is 4.79 Å². The molecule has 3 aromatic carbocycles. The Kier molecular flexibility index (Phi) is 6.85. The highest BCUT2D eigenvalue weighted by atomic mass is 79.9. The van der Waals surface area contributed by atoms with Crippen molar-refractivity contribution < 1.29 is 4.79 Å². The number of rotatable bonds is 7. The van der Waals surface area contributed by atoms with Crippen LogP contribution in [0.25, 0.3) is 0 Å². The molecule has 1 N–H and O–H groups in total. The highest BCUT2D eigenvalue weighted by molar-refractivity contribution is 9.10. The van der Waals surface area contributed by atoms with E-state index in [1.807, 2.05) is 18.2 Å². The molecule has 0 heterocycles. The number of halogens is 1. The van der Waals surface area contributed by atoms with Crippen LogP contribution in [0.1, 0.15) is 37.3 Å². The molecule has 154 valence electrons.